The van der Waals surface area contributed by atoms with Crippen molar-refractivity contribution in [3.05, 3.63) is 59.2 Å². The molecular weight excluding hydrogens is 382 g/mol. The number of anilines is 2. The first-order valence-electron chi connectivity index (χ1n) is 9.89. The van der Waals surface area contributed by atoms with E-state index >= 15 is 0 Å². The molecule has 2 aromatic carbocycles. The number of oxime groups is 1. The quantitative estimate of drug-likeness (QED) is 0.357. The Morgan fingerprint density at radius 1 is 1.00 bits per heavy atom. The predicted molar refractivity (Wildman–Crippen MR) is 119 cm³/mol. The normalized spacial score (nSPS) is 11.8. The van der Waals surface area contributed by atoms with Gasteiger partial charge in [-0.1, -0.05) is 32.0 Å². The van der Waals surface area contributed by atoms with Gasteiger partial charge >= 0.3 is 5.97 Å². The van der Waals surface area contributed by atoms with E-state index in [4.69, 9.17) is 5.11 Å². The third-order valence-corrected chi connectivity index (χ3v) is 4.89. The van der Waals surface area contributed by atoms with Crippen LogP contribution in [0.2, 0.25) is 0 Å². The van der Waals surface area contributed by atoms with Crippen molar-refractivity contribution in [1.29, 1.82) is 0 Å². The summed E-state index contributed by atoms with van der Waals surface area (Å²) in [6.45, 7) is 12.2. The lowest BCUT2D eigenvalue weighted by Crippen LogP contribution is -2.28. The fourth-order valence-corrected chi connectivity index (χ4v) is 3.24. The number of aromatic carboxylic acids is 1. The number of carbonyl (C=O) groups is 2. The summed E-state index contributed by atoms with van der Waals surface area (Å²) in [7, 11) is 0. The molecule has 7 heteroatoms. The van der Waals surface area contributed by atoms with Crippen LogP contribution in [-0.2, 0) is 10.2 Å². The molecule has 1 amide bonds. The molecule has 0 radical (unpaired) electrons. The van der Waals surface area contributed by atoms with Crippen LogP contribution >= 0.6 is 0 Å². The first-order valence-corrected chi connectivity index (χ1v) is 9.89. The highest BCUT2D eigenvalue weighted by Gasteiger charge is 2.24. The van der Waals surface area contributed by atoms with Crippen LogP contribution in [0.1, 0.15) is 56.1 Å². The second-order valence-corrected chi connectivity index (χ2v) is 7.94. The van der Waals surface area contributed by atoms with Gasteiger partial charge in [0.05, 0.1) is 5.56 Å². The van der Waals surface area contributed by atoms with Crippen molar-refractivity contribution in [2.24, 2.45) is 5.16 Å². The Bertz CT molecular complexity index is 940. The van der Waals surface area contributed by atoms with E-state index in [1.54, 1.807) is 6.07 Å². The van der Waals surface area contributed by atoms with Crippen molar-refractivity contribution in [1.82, 2.24) is 0 Å². The number of carbonyl (C=O) groups excluding carboxylic acids is 1. The number of benzene rings is 2. The van der Waals surface area contributed by atoms with Gasteiger partial charge in [0.1, 0.15) is 0 Å². The van der Waals surface area contributed by atoms with Crippen molar-refractivity contribution in [2.45, 2.75) is 40.0 Å². The molecule has 0 atom stereocenters. The molecule has 0 spiro atoms. The van der Waals surface area contributed by atoms with Gasteiger partial charge in [-0.15, -0.1) is 0 Å². The molecule has 30 heavy (non-hydrogen) atoms. The summed E-state index contributed by atoms with van der Waals surface area (Å²) in [6, 6.07) is 11.4. The minimum Gasteiger partial charge on any atom is -0.478 e. The van der Waals surface area contributed by atoms with Crippen molar-refractivity contribution in [3.8, 4) is 0 Å². The van der Waals surface area contributed by atoms with E-state index in [2.05, 4.69) is 50.0 Å². The van der Waals surface area contributed by atoms with Gasteiger partial charge in [0.15, 0.2) is 5.71 Å². The van der Waals surface area contributed by atoms with Crippen LogP contribution in [0.25, 0.3) is 0 Å². The van der Waals surface area contributed by atoms with Gasteiger partial charge in [-0.05, 0) is 61.2 Å². The second kappa shape index (κ2) is 9.43. The zero-order valence-electron chi connectivity index (χ0n) is 18.1. The molecule has 0 fully saturated rings. The summed E-state index contributed by atoms with van der Waals surface area (Å²) in [5.41, 5.74) is 2.85. The monoisotopic (exact) mass is 411 g/mol. The van der Waals surface area contributed by atoms with Crippen LogP contribution in [-0.4, -0.2) is 41.0 Å². The highest BCUT2D eigenvalue weighted by Crippen LogP contribution is 2.33. The summed E-state index contributed by atoms with van der Waals surface area (Å²) >= 11 is 0. The molecule has 0 bridgehead atoms. The van der Waals surface area contributed by atoms with Gasteiger partial charge in [-0.2, -0.15) is 0 Å². The molecule has 0 aliphatic rings. The van der Waals surface area contributed by atoms with Gasteiger partial charge in [0.2, 0.25) is 0 Å². The maximum Gasteiger partial charge on any atom is 0.335 e. The Labute approximate surface area is 177 Å². The van der Waals surface area contributed by atoms with Crippen molar-refractivity contribution >= 4 is 29.0 Å². The van der Waals surface area contributed by atoms with Crippen LogP contribution in [0.3, 0.4) is 0 Å². The molecule has 0 aliphatic carbocycles. The molecule has 2 aromatic rings. The fraction of sp³-hybridized carbons (Fsp3) is 0.348. The maximum absolute atomic E-state index is 12.7. The molecular formula is C23H29N3O4. The van der Waals surface area contributed by atoms with Crippen molar-refractivity contribution in [3.63, 3.8) is 0 Å². The van der Waals surface area contributed by atoms with Gasteiger partial charge in [0.25, 0.3) is 5.91 Å². The molecule has 7 nitrogen and oxygen atoms in total. The number of carboxylic acids is 1. The lowest BCUT2D eigenvalue weighted by molar-refractivity contribution is -0.110. The van der Waals surface area contributed by atoms with E-state index in [1.165, 1.54) is 24.3 Å². The van der Waals surface area contributed by atoms with E-state index in [0.717, 1.165) is 24.3 Å². The summed E-state index contributed by atoms with van der Waals surface area (Å²) in [5, 5.41) is 24.4. The number of nitrogens with zero attached hydrogens (tertiary/aromatic N) is 2. The Balaban J connectivity index is 2.37. The number of hydrogen-bond donors (Lipinski definition) is 3. The van der Waals surface area contributed by atoms with E-state index in [0.29, 0.717) is 11.3 Å². The first-order chi connectivity index (χ1) is 14.1. The minimum atomic E-state index is -1.05. The van der Waals surface area contributed by atoms with Gasteiger partial charge in [0, 0.05) is 30.0 Å². The Morgan fingerprint density at radius 2 is 1.57 bits per heavy atom. The zero-order valence-corrected chi connectivity index (χ0v) is 18.1. The number of carboxylic acid groups (broad SMARTS) is 1. The lowest BCUT2D eigenvalue weighted by atomic mass is 9.84. The molecule has 0 saturated carbocycles. The van der Waals surface area contributed by atoms with Crippen LogP contribution in [0, 0.1) is 0 Å². The van der Waals surface area contributed by atoms with Gasteiger partial charge < -0.3 is 20.5 Å². The molecule has 0 unspecified atom stereocenters. The van der Waals surface area contributed by atoms with Gasteiger partial charge in [-0.3, -0.25) is 4.79 Å². The van der Waals surface area contributed by atoms with E-state index < -0.39 is 11.9 Å². The zero-order chi connectivity index (χ0) is 22.5. The van der Waals surface area contributed by atoms with Gasteiger partial charge in [-0.25, -0.2) is 4.79 Å². The highest BCUT2D eigenvalue weighted by atomic mass is 16.4. The highest BCUT2D eigenvalue weighted by molar-refractivity contribution is 6.48. The topological polar surface area (TPSA) is 102 Å². The molecule has 0 heterocycles. The Morgan fingerprint density at radius 3 is 2.03 bits per heavy atom. The van der Waals surface area contributed by atoms with Crippen molar-refractivity contribution in [2.75, 3.05) is 23.3 Å². The summed E-state index contributed by atoms with van der Waals surface area (Å²) in [6.07, 6.45) is 0. The smallest absolute Gasteiger partial charge is 0.335 e. The maximum atomic E-state index is 12.7. The standard InChI is InChI=1S/C23H29N3O4/c1-6-26(7-2)19-13-10-16(14-18(19)23(3,4)5)20(25-30)21(27)24-17-11-8-15(9-12-17)22(28)29/h8-14,30H,6-7H2,1-5H3,(H,24,27)(H,28,29). The average molecular weight is 412 g/mol. The summed E-state index contributed by atoms with van der Waals surface area (Å²) in [5.74, 6) is -1.63. The van der Waals surface area contributed by atoms with E-state index in [9.17, 15) is 14.8 Å². The number of hydrogen-bond acceptors (Lipinski definition) is 5. The number of amides is 1. The van der Waals surface area contributed by atoms with Crippen LogP contribution in [0.4, 0.5) is 11.4 Å². The molecule has 160 valence electrons. The molecule has 3 N–H and O–H groups in total. The van der Waals surface area contributed by atoms with Crippen LogP contribution < -0.4 is 10.2 Å². The predicted octanol–water partition coefficient (Wildman–Crippen LogP) is 4.35. The summed E-state index contributed by atoms with van der Waals surface area (Å²) < 4.78 is 0. The summed E-state index contributed by atoms with van der Waals surface area (Å²) in [4.78, 5) is 25.9. The Kier molecular flexibility index (Phi) is 7.21. The van der Waals surface area contributed by atoms with Crippen LogP contribution in [0.5, 0.6) is 0 Å². The van der Waals surface area contributed by atoms with Crippen molar-refractivity contribution < 1.29 is 19.9 Å². The largest absolute Gasteiger partial charge is 0.478 e. The third-order valence-electron chi connectivity index (χ3n) is 4.89. The average Bonchev–Trinajstić information content (AvgIpc) is 2.70. The SMILES string of the molecule is CCN(CC)c1ccc(C(=NO)C(=O)Nc2ccc(C(=O)O)cc2)cc1C(C)(C)C. The van der Waals surface area contributed by atoms with Crippen LogP contribution in [0.15, 0.2) is 47.6 Å². The first kappa shape index (κ1) is 22.9. The molecule has 2 rings (SSSR count). The van der Waals surface area contributed by atoms with E-state index in [-0.39, 0.29) is 16.7 Å². The minimum absolute atomic E-state index is 0.117. The lowest BCUT2D eigenvalue weighted by Gasteiger charge is -2.30. The molecule has 0 aliphatic heterocycles. The second-order valence-electron chi connectivity index (χ2n) is 7.94. The molecule has 0 aromatic heterocycles. The number of nitrogens with one attached hydrogen (secondary N) is 1. The third kappa shape index (κ3) is 5.17. The fourth-order valence-electron chi connectivity index (χ4n) is 3.24. The van der Waals surface area contributed by atoms with E-state index in [1.807, 2.05) is 12.1 Å². The number of rotatable bonds is 7. The Hall–Kier alpha value is -3.35. The molecule has 0 saturated heterocycles.